The number of nitrogens with two attached hydrogens (primary N) is 1. The first-order chi connectivity index (χ1) is 6.63. The van der Waals surface area contributed by atoms with E-state index in [0.29, 0.717) is 24.4 Å². The van der Waals surface area contributed by atoms with Gasteiger partial charge in [0, 0.05) is 19.7 Å². The smallest absolute Gasteiger partial charge is 0.166 e. The number of hydrogen-bond donors (Lipinski definition) is 1. The average Bonchev–Trinajstić information content (AvgIpc) is 2.60. The molecule has 4 nitrogen and oxygen atoms in total. The Kier molecular flexibility index (Phi) is 3.83. The van der Waals surface area contributed by atoms with Crippen LogP contribution in [-0.4, -0.2) is 22.1 Å². The highest BCUT2D eigenvalue weighted by molar-refractivity contribution is 5.95. The Hall–Kier alpha value is -1.16. The molecule has 0 spiro atoms. The fraction of sp³-hybridized carbons (Fsp3) is 0.600. The molecule has 0 aromatic carbocycles. The highest BCUT2D eigenvalue weighted by Gasteiger charge is 2.09. The van der Waals surface area contributed by atoms with Crippen LogP contribution in [0.3, 0.4) is 0 Å². The third kappa shape index (κ3) is 2.96. The van der Waals surface area contributed by atoms with Crippen LogP contribution < -0.4 is 5.73 Å². The molecule has 1 aromatic heterocycles. The normalized spacial score (nSPS) is 12.8. The molecule has 0 fully saturated rings. The molecule has 1 atom stereocenters. The van der Waals surface area contributed by atoms with Crippen LogP contribution in [0.25, 0.3) is 0 Å². The standard InChI is InChI=1S/C10H17N3O/c1-8(5-11)3-4-10(14)9-6-12-13(2)7-9/h6-8H,3-5,11H2,1-2H3. The minimum atomic E-state index is 0.151. The molecule has 0 aliphatic carbocycles. The number of carbonyl (C=O) groups is 1. The molecular weight excluding hydrogens is 178 g/mol. The minimum Gasteiger partial charge on any atom is -0.330 e. The number of aromatic nitrogens is 2. The predicted octanol–water partition coefficient (Wildman–Crippen LogP) is 0.978. The molecule has 78 valence electrons. The highest BCUT2D eigenvalue weighted by Crippen LogP contribution is 2.08. The summed E-state index contributed by atoms with van der Waals surface area (Å²) in [5.41, 5.74) is 6.16. The van der Waals surface area contributed by atoms with Gasteiger partial charge in [-0.3, -0.25) is 9.48 Å². The summed E-state index contributed by atoms with van der Waals surface area (Å²) in [7, 11) is 1.80. The van der Waals surface area contributed by atoms with Gasteiger partial charge in [0.2, 0.25) is 0 Å². The van der Waals surface area contributed by atoms with Crippen molar-refractivity contribution in [3.8, 4) is 0 Å². The fourth-order valence-corrected chi connectivity index (χ4v) is 1.20. The Balaban J connectivity index is 2.43. The van der Waals surface area contributed by atoms with E-state index >= 15 is 0 Å². The molecule has 2 N–H and O–H groups in total. The molecule has 0 aliphatic heterocycles. The van der Waals surface area contributed by atoms with Gasteiger partial charge in [-0.2, -0.15) is 5.10 Å². The third-order valence-electron chi connectivity index (χ3n) is 2.29. The first kappa shape index (κ1) is 10.9. The Morgan fingerprint density at radius 2 is 2.43 bits per heavy atom. The molecule has 0 saturated carbocycles. The van der Waals surface area contributed by atoms with Crippen LogP contribution in [0.1, 0.15) is 30.1 Å². The third-order valence-corrected chi connectivity index (χ3v) is 2.29. The van der Waals surface area contributed by atoms with Crippen LogP contribution in [0, 0.1) is 5.92 Å². The van der Waals surface area contributed by atoms with E-state index in [1.54, 1.807) is 24.1 Å². The quantitative estimate of drug-likeness (QED) is 0.712. The zero-order valence-corrected chi connectivity index (χ0v) is 8.73. The molecular formula is C10H17N3O. The lowest BCUT2D eigenvalue weighted by Gasteiger charge is -2.05. The van der Waals surface area contributed by atoms with Crippen molar-refractivity contribution in [2.45, 2.75) is 19.8 Å². The predicted molar refractivity (Wildman–Crippen MR) is 55.0 cm³/mol. The van der Waals surface area contributed by atoms with Crippen molar-refractivity contribution in [1.29, 1.82) is 0 Å². The first-order valence-corrected chi connectivity index (χ1v) is 4.85. The van der Waals surface area contributed by atoms with Gasteiger partial charge in [-0.15, -0.1) is 0 Å². The van der Waals surface area contributed by atoms with Gasteiger partial charge >= 0.3 is 0 Å². The monoisotopic (exact) mass is 195 g/mol. The van der Waals surface area contributed by atoms with Crippen LogP contribution in [-0.2, 0) is 7.05 Å². The summed E-state index contributed by atoms with van der Waals surface area (Å²) in [4.78, 5) is 11.6. The van der Waals surface area contributed by atoms with E-state index in [1.807, 2.05) is 0 Å². The molecule has 1 rings (SSSR count). The second-order valence-corrected chi connectivity index (χ2v) is 3.71. The summed E-state index contributed by atoms with van der Waals surface area (Å²) in [6.45, 7) is 2.69. The average molecular weight is 195 g/mol. The summed E-state index contributed by atoms with van der Waals surface area (Å²) < 4.78 is 1.64. The second-order valence-electron chi connectivity index (χ2n) is 3.71. The van der Waals surface area contributed by atoms with Crippen molar-refractivity contribution in [1.82, 2.24) is 9.78 Å². The Bertz CT molecular complexity index is 306. The van der Waals surface area contributed by atoms with E-state index in [4.69, 9.17) is 5.73 Å². The summed E-state index contributed by atoms with van der Waals surface area (Å²) in [6.07, 6.45) is 4.76. The molecule has 0 saturated heterocycles. The van der Waals surface area contributed by atoms with E-state index in [2.05, 4.69) is 12.0 Å². The van der Waals surface area contributed by atoms with Crippen molar-refractivity contribution < 1.29 is 4.79 Å². The maximum atomic E-state index is 11.6. The number of aryl methyl sites for hydroxylation is 1. The van der Waals surface area contributed by atoms with Gasteiger partial charge in [0.05, 0.1) is 11.8 Å². The van der Waals surface area contributed by atoms with Gasteiger partial charge < -0.3 is 5.73 Å². The SMILES string of the molecule is CC(CN)CCC(=O)c1cnn(C)c1. The molecule has 0 amide bonds. The molecule has 14 heavy (non-hydrogen) atoms. The number of rotatable bonds is 5. The van der Waals surface area contributed by atoms with Gasteiger partial charge in [-0.1, -0.05) is 6.92 Å². The lowest BCUT2D eigenvalue weighted by Crippen LogP contribution is -2.12. The van der Waals surface area contributed by atoms with Crippen LogP contribution in [0.5, 0.6) is 0 Å². The van der Waals surface area contributed by atoms with Gasteiger partial charge in [0.1, 0.15) is 0 Å². The number of carbonyl (C=O) groups excluding carboxylic acids is 1. The van der Waals surface area contributed by atoms with Crippen molar-refractivity contribution in [3.63, 3.8) is 0 Å². The van der Waals surface area contributed by atoms with Crippen LogP contribution >= 0.6 is 0 Å². The molecule has 0 aliphatic rings. The highest BCUT2D eigenvalue weighted by atomic mass is 16.1. The largest absolute Gasteiger partial charge is 0.330 e. The Labute approximate surface area is 84.1 Å². The summed E-state index contributed by atoms with van der Waals surface area (Å²) in [5, 5.41) is 3.96. The molecule has 1 unspecified atom stereocenters. The lowest BCUT2D eigenvalue weighted by atomic mass is 10.0. The van der Waals surface area contributed by atoms with Gasteiger partial charge in [-0.25, -0.2) is 0 Å². The molecule has 4 heteroatoms. The number of ketones is 1. The lowest BCUT2D eigenvalue weighted by molar-refractivity contribution is 0.0975. The number of Topliss-reactive ketones (excluding diaryl/α,β-unsaturated/α-hetero) is 1. The topological polar surface area (TPSA) is 60.9 Å². The van der Waals surface area contributed by atoms with Gasteiger partial charge in [0.25, 0.3) is 0 Å². The molecule has 1 aromatic rings. The maximum Gasteiger partial charge on any atom is 0.166 e. The Morgan fingerprint density at radius 1 is 1.71 bits per heavy atom. The molecule has 0 radical (unpaired) electrons. The van der Waals surface area contributed by atoms with Crippen molar-refractivity contribution in [3.05, 3.63) is 18.0 Å². The van der Waals surface area contributed by atoms with Gasteiger partial charge in [-0.05, 0) is 18.9 Å². The molecule has 1 heterocycles. The maximum absolute atomic E-state index is 11.6. The first-order valence-electron chi connectivity index (χ1n) is 4.85. The van der Waals surface area contributed by atoms with E-state index in [1.165, 1.54) is 0 Å². The van der Waals surface area contributed by atoms with Gasteiger partial charge in [0.15, 0.2) is 5.78 Å². The zero-order chi connectivity index (χ0) is 10.6. The van der Waals surface area contributed by atoms with E-state index in [-0.39, 0.29) is 5.78 Å². The van der Waals surface area contributed by atoms with E-state index in [0.717, 1.165) is 6.42 Å². The number of hydrogen-bond acceptors (Lipinski definition) is 3. The van der Waals surface area contributed by atoms with E-state index < -0.39 is 0 Å². The zero-order valence-electron chi connectivity index (χ0n) is 8.73. The van der Waals surface area contributed by atoms with Crippen LogP contribution in [0.15, 0.2) is 12.4 Å². The Morgan fingerprint density at radius 3 is 2.93 bits per heavy atom. The second kappa shape index (κ2) is 4.91. The summed E-state index contributed by atoms with van der Waals surface area (Å²) in [5.74, 6) is 0.564. The minimum absolute atomic E-state index is 0.151. The fourth-order valence-electron chi connectivity index (χ4n) is 1.20. The van der Waals surface area contributed by atoms with E-state index in [9.17, 15) is 4.79 Å². The number of nitrogens with zero attached hydrogens (tertiary/aromatic N) is 2. The summed E-state index contributed by atoms with van der Waals surface area (Å²) >= 11 is 0. The summed E-state index contributed by atoms with van der Waals surface area (Å²) in [6, 6.07) is 0. The van der Waals surface area contributed by atoms with Crippen molar-refractivity contribution >= 4 is 5.78 Å². The van der Waals surface area contributed by atoms with Crippen LogP contribution in [0.2, 0.25) is 0 Å². The van der Waals surface area contributed by atoms with Crippen LogP contribution in [0.4, 0.5) is 0 Å². The molecule has 0 bridgehead atoms. The van der Waals surface area contributed by atoms with Crippen molar-refractivity contribution in [2.75, 3.05) is 6.54 Å². The van der Waals surface area contributed by atoms with Crippen molar-refractivity contribution in [2.24, 2.45) is 18.7 Å².